The van der Waals surface area contributed by atoms with Crippen LogP contribution in [0.5, 0.6) is 0 Å². The molecule has 0 aliphatic carbocycles. The second-order valence-corrected chi connectivity index (χ2v) is 8.58. The lowest BCUT2D eigenvalue weighted by molar-refractivity contribution is 0.398. The summed E-state index contributed by atoms with van der Waals surface area (Å²) in [4.78, 5) is 2.50. The molecule has 0 aliphatic rings. The summed E-state index contributed by atoms with van der Waals surface area (Å²) < 4.78 is 4.67. The molecule has 2 aromatic carbocycles. The molecule has 0 unspecified atom stereocenters. The van der Waals surface area contributed by atoms with E-state index in [1.54, 1.807) is 23.9 Å². The molecule has 0 heterocycles. The lowest BCUT2D eigenvalue weighted by Gasteiger charge is -2.25. The van der Waals surface area contributed by atoms with Gasteiger partial charge in [0.25, 0.3) is 0 Å². The number of aryl methyl sites for hydroxylation is 2. The molecule has 32 heavy (non-hydrogen) atoms. The molecule has 0 aromatic heterocycles. The first kappa shape index (κ1) is 33.2. The Kier molecular flexibility index (Phi) is 24.0. The predicted octanol–water partition coefficient (Wildman–Crippen LogP) is 6.62. The van der Waals surface area contributed by atoms with Crippen molar-refractivity contribution in [1.82, 2.24) is 8.61 Å². The molecule has 0 aliphatic heterocycles. The molecule has 4 N–H and O–H groups in total. The van der Waals surface area contributed by atoms with Crippen LogP contribution in [0.25, 0.3) is 0 Å². The van der Waals surface area contributed by atoms with Crippen molar-refractivity contribution in [3.8, 4) is 0 Å². The van der Waals surface area contributed by atoms with Crippen molar-refractivity contribution in [2.24, 2.45) is 11.5 Å². The van der Waals surface area contributed by atoms with Gasteiger partial charge in [-0.15, -0.1) is 0 Å². The standard InChI is InChI=1S/C20H30N4S2.3C2H6/c1-17-3-7-19(8-4-17)25-23(13-11-21)15-16-24(14-12-22)26-20-9-5-18(2)6-10-20;3*1-2/h3-10H,11-16,21-22H2,1-2H3;3*1-2H3. The van der Waals surface area contributed by atoms with Crippen molar-refractivity contribution in [1.29, 1.82) is 0 Å². The number of nitrogens with two attached hydrogens (primary N) is 2. The second-order valence-electron chi connectivity index (χ2n) is 6.24. The fourth-order valence-electron chi connectivity index (χ4n) is 2.41. The summed E-state index contributed by atoms with van der Waals surface area (Å²) in [6.07, 6.45) is 0. The van der Waals surface area contributed by atoms with Crippen LogP contribution < -0.4 is 11.5 Å². The SMILES string of the molecule is CC.CC.CC.Cc1ccc(SN(CCN)CCN(CCN)Sc2ccc(C)cc2)cc1. The third-order valence-corrected chi connectivity index (χ3v) is 6.08. The molecule has 0 spiro atoms. The Morgan fingerprint density at radius 1 is 0.531 bits per heavy atom. The highest BCUT2D eigenvalue weighted by Gasteiger charge is 2.11. The Balaban J connectivity index is 0. The molecule has 4 nitrogen and oxygen atoms in total. The molecule has 0 amide bonds. The highest BCUT2D eigenvalue weighted by molar-refractivity contribution is 7.97. The summed E-state index contributed by atoms with van der Waals surface area (Å²) in [5.41, 5.74) is 14.2. The zero-order valence-corrected chi connectivity index (χ0v) is 23.4. The summed E-state index contributed by atoms with van der Waals surface area (Å²) in [5.74, 6) is 0. The summed E-state index contributed by atoms with van der Waals surface area (Å²) in [5, 5.41) is 0. The zero-order valence-electron chi connectivity index (χ0n) is 21.7. The Hall–Kier alpha value is -1.02. The minimum Gasteiger partial charge on any atom is -0.329 e. The topological polar surface area (TPSA) is 58.5 Å². The molecule has 184 valence electrons. The van der Waals surface area contributed by atoms with Crippen molar-refractivity contribution < 1.29 is 0 Å². The van der Waals surface area contributed by atoms with Crippen molar-refractivity contribution in [2.75, 3.05) is 39.3 Å². The fraction of sp³-hybridized carbons (Fsp3) is 0.538. The van der Waals surface area contributed by atoms with Crippen LogP contribution in [0.2, 0.25) is 0 Å². The van der Waals surface area contributed by atoms with Crippen LogP contribution >= 0.6 is 23.9 Å². The van der Waals surface area contributed by atoms with E-state index >= 15 is 0 Å². The molecule has 6 heteroatoms. The third-order valence-electron chi connectivity index (χ3n) is 3.87. The van der Waals surface area contributed by atoms with Crippen LogP contribution in [0, 0.1) is 13.8 Å². The molecule has 0 radical (unpaired) electrons. The lowest BCUT2D eigenvalue weighted by atomic mass is 10.2. The van der Waals surface area contributed by atoms with Crippen LogP contribution in [0.1, 0.15) is 52.7 Å². The summed E-state index contributed by atoms with van der Waals surface area (Å²) in [6.45, 7) is 21.1. The van der Waals surface area contributed by atoms with Gasteiger partial charge in [-0.05, 0) is 62.0 Å². The molecule has 0 fully saturated rings. The van der Waals surface area contributed by atoms with Crippen molar-refractivity contribution >= 4 is 23.9 Å². The molecular formula is C26H48N4S2. The van der Waals surface area contributed by atoms with E-state index in [0.29, 0.717) is 13.1 Å². The first-order chi connectivity index (χ1) is 15.6. The maximum Gasteiger partial charge on any atom is 0.0231 e. The van der Waals surface area contributed by atoms with Crippen molar-refractivity contribution in [3.63, 3.8) is 0 Å². The van der Waals surface area contributed by atoms with Crippen LogP contribution in [-0.4, -0.2) is 47.9 Å². The van der Waals surface area contributed by atoms with Crippen LogP contribution in [0.15, 0.2) is 58.3 Å². The normalized spacial score (nSPS) is 9.88. The third kappa shape index (κ3) is 15.7. The molecule has 0 bridgehead atoms. The van der Waals surface area contributed by atoms with Gasteiger partial charge in [0, 0.05) is 49.1 Å². The van der Waals surface area contributed by atoms with E-state index in [0.717, 1.165) is 26.2 Å². The Morgan fingerprint density at radius 3 is 1.06 bits per heavy atom. The van der Waals surface area contributed by atoms with Gasteiger partial charge < -0.3 is 11.5 Å². The fourth-order valence-corrected chi connectivity index (χ4v) is 4.26. The van der Waals surface area contributed by atoms with Gasteiger partial charge in [-0.2, -0.15) is 0 Å². The van der Waals surface area contributed by atoms with Crippen LogP contribution in [-0.2, 0) is 0 Å². The average Bonchev–Trinajstić information content (AvgIpc) is 2.84. The molecule has 0 saturated heterocycles. The summed E-state index contributed by atoms with van der Waals surface area (Å²) in [7, 11) is 0. The number of rotatable bonds is 11. The second kappa shape index (κ2) is 23.1. The number of hydrogen-bond acceptors (Lipinski definition) is 6. The monoisotopic (exact) mass is 480 g/mol. The van der Waals surface area contributed by atoms with Crippen LogP contribution in [0.4, 0.5) is 0 Å². The highest BCUT2D eigenvalue weighted by atomic mass is 32.2. The van der Waals surface area contributed by atoms with Gasteiger partial charge in [-0.3, -0.25) is 0 Å². The predicted molar refractivity (Wildman–Crippen MR) is 149 cm³/mol. The van der Waals surface area contributed by atoms with Gasteiger partial charge in [0.1, 0.15) is 0 Å². The Bertz CT molecular complexity index is 576. The minimum atomic E-state index is 0.654. The Labute approximate surface area is 207 Å². The van der Waals surface area contributed by atoms with Gasteiger partial charge in [0.15, 0.2) is 0 Å². The Morgan fingerprint density at radius 2 is 0.812 bits per heavy atom. The van der Waals surface area contributed by atoms with E-state index in [4.69, 9.17) is 11.5 Å². The molecule has 2 aromatic rings. The number of hydrogen-bond donors (Lipinski definition) is 2. The maximum absolute atomic E-state index is 5.82. The van der Waals surface area contributed by atoms with Crippen LogP contribution in [0.3, 0.4) is 0 Å². The molecule has 0 atom stereocenters. The lowest BCUT2D eigenvalue weighted by Crippen LogP contribution is -2.33. The number of nitrogens with zero attached hydrogens (tertiary/aromatic N) is 2. The molecule has 0 saturated carbocycles. The highest BCUT2D eigenvalue weighted by Crippen LogP contribution is 2.25. The first-order valence-electron chi connectivity index (χ1n) is 12.0. The van der Waals surface area contributed by atoms with Gasteiger partial charge in [-0.25, -0.2) is 8.61 Å². The zero-order chi connectivity index (χ0) is 24.8. The maximum atomic E-state index is 5.82. The van der Waals surface area contributed by atoms with Gasteiger partial charge in [-0.1, -0.05) is 76.9 Å². The molecule has 2 rings (SSSR count). The minimum absolute atomic E-state index is 0.654. The van der Waals surface area contributed by atoms with E-state index < -0.39 is 0 Å². The summed E-state index contributed by atoms with van der Waals surface area (Å²) in [6, 6.07) is 17.3. The number of benzene rings is 2. The van der Waals surface area contributed by atoms with Crippen molar-refractivity contribution in [3.05, 3.63) is 59.7 Å². The van der Waals surface area contributed by atoms with E-state index in [2.05, 4.69) is 71.0 Å². The van der Waals surface area contributed by atoms with Gasteiger partial charge in [0.05, 0.1) is 0 Å². The van der Waals surface area contributed by atoms with Gasteiger partial charge >= 0.3 is 0 Å². The van der Waals surface area contributed by atoms with E-state index in [9.17, 15) is 0 Å². The summed E-state index contributed by atoms with van der Waals surface area (Å²) >= 11 is 3.55. The largest absolute Gasteiger partial charge is 0.329 e. The van der Waals surface area contributed by atoms with E-state index in [-0.39, 0.29) is 0 Å². The van der Waals surface area contributed by atoms with Gasteiger partial charge in [0.2, 0.25) is 0 Å². The quantitative estimate of drug-likeness (QED) is 0.353. The van der Waals surface area contributed by atoms with E-state index in [1.807, 2.05) is 41.5 Å². The molecular weight excluding hydrogens is 432 g/mol. The smallest absolute Gasteiger partial charge is 0.0231 e. The van der Waals surface area contributed by atoms with Crippen molar-refractivity contribution in [2.45, 2.75) is 65.2 Å². The van der Waals surface area contributed by atoms with E-state index in [1.165, 1.54) is 20.9 Å². The first-order valence-corrected chi connectivity index (χ1v) is 13.5. The average molecular weight is 481 g/mol.